The maximum Gasteiger partial charge on any atom is 0.252 e. The van der Waals surface area contributed by atoms with Crippen molar-refractivity contribution in [2.75, 3.05) is 26.1 Å². The van der Waals surface area contributed by atoms with Gasteiger partial charge in [-0.05, 0) is 49.4 Å². The Bertz CT molecular complexity index is 1040. The largest absolute Gasteiger partial charge is 0.497 e. The summed E-state index contributed by atoms with van der Waals surface area (Å²) in [5, 5.41) is 4.26. The Morgan fingerprint density at radius 2 is 1.93 bits per heavy atom. The normalized spacial score (nSPS) is 18.5. The molecule has 2 atom stereocenters. The standard InChI is InChI=1S/C23H29N5O2/c1-5-28-20-13-18(30-4)11-8-16(20)12-21(28)19-14-22(26-25-19)24-23(29)15-6-9-17(10-7-15)27(2)3/h6-13,19,22,25-26H,5,14H2,1-4H3,(H,24,29). The van der Waals surface area contributed by atoms with E-state index in [9.17, 15) is 4.79 Å². The van der Waals surface area contributed by atoms with E-state index in [1.165, 1.54) is 11.1 Å². The van der Waals surface area contributed by atoms with E-state index in [1.54, 1.807) is 7.11 Å². The van der Waals surface area contributed by atoms with Gasteiger partial charge in [-0.25, -0.2) is 10.9 Å². The third-order valence-electron chi connectivity index (χ3n) is 5.67. The van der Waals surface area contributed by atoms with Gasteiger partial charge in [-0.15, -0.1) is 0 Å². The highest BCUT2D eigenvalue weighted by molar-refractivity contribution is 5.94. The molecule has 1 aliphatic rings. The Kier molecular flexibility index (Phi) is 5.65. The van der Waals surface area contributed by atoms with E-state index < -0.39 is 0 Å². The molecule has 0 bridgehead atoms. The lowest BCUT2D eigenvalue weighted by Gasteiger charge is -2.15. The van der Waals surface area contributed by atoms with Crippen LogP contribution in [0.3, 0.4) is 0 Å². The number of aromatic nitrogens is 1. The average Bonchev–Trinajstić information content (AvgIpc) is 3.37. The maximum absolute atomic E-state index is 12.6. The quantitative estimate of drug-likeness (QED) is 0.586. The van der Waals surface area contributed by atoms with Gasteiger partial charge in [0.25, 0.3) is 5.91 Å². The van der Waals surface area contributed by atoms with Gasteiger partial charge in [0.05, 0.1) is 24.8 Å². The number of rotatable bonds is 6. The summed E-state index contributed by atoms with van der Waals surface area (Å²) >= 11 is 0. The first kappa shape index (κ1) is 20.3. The third kappa shape index (κ3) is 3.86. The van der Waals surface area contributed by atoms with E-state index in [2.05, 4.69) is 45.9 Å². The van der Waals surface area contributed by atoms with Crippen LogP contribution in [-0.4, -0.2) is 37.8 Å². The second-order valence-electron chi connectivity index (χ2n) is 7.78. The Morgan fingerprint density at radius 3 is 2.60 bits per heavy atom. The molecule has 0 radical (unpaired) electrons. The molecule has 1 aliphatic heterocycles. The van der Waals surface area contributed by atoms with E-state index in [-0.39, 0.29) is 18.1 Å². The Labute approximate surface area is 177 Å². The zero-order chi connectivity index (χ0) is 21.3. The lowest BCUT2D eigenvalue weighted by atomic mass is 10.1. The van der Waals surface area contributed by atoms with Gasteiger partial charge in [0, 0.05) is 55.5 Å². The second kappa shape index (κ2) is 8.38. The van der Waals surface area contributed by atoms with Crippen molar-refractivity contribution in [2.45, 2.75) is 32.1 Å². The third-order valence-corrected chi connectivity index (χ3v) is 5.67. The summed E-state index contributed by atoms with van der Waals surface area (Å²) in [4.78, 5) is 14.7. The number of ether oxygens (including phenoxy) is 1. The fourth-order valence-corrected chi connectivity index (χ4v) is 4.02. The molecule has 7 nitrogen and oxygen atoms in total. The molecule has 158 valence electrons. The Morgan fingerprint density at radius 1 is 1.17 bits per heavy atom. The van der Waals surface area contributed by atoms with Crippen molar-refractivity contribution >= 4 is 22.5 Å². The molecule has 7 heteroatoms. The van der Waals surface area contributed by atoms with Crippen LogP contribution < -0.4 is 25.8 Å². The lowest BCUT2D eigenvalue weighted by molar-refractivity contribution is 0.0932. The molecule has 30 heavy (non-hydrogen) atoms. The van der Waals surface area contributed by atoms with Gasteiger partial charge in [0.15, 0.2) is 0 Å². The summed E-state index contributed by atoms with van der Waals surface area (Å²) in [5.41, 5.74) is 10.6. The predicted molar refractivity (Wildman–Crippen MR) is 120 cm³/mol. The van der Waals surface area contributed by atoms with E-state index >= 15 is 0 Å². The van der Waals surface area contributed by atoms with Gasteiger partial charge in [-0.3, -0.25) is 4.79 Å². The van der Waals surface area contributed by atoms with Crippen LogP contribution in [-0.2, 0) is 6.54 Å². The van der Waals surface area contributed by atoms with Gasteiger partial charge >= 0.3 is 0 Å². The van der Waals surface area contributed by atoms with Crippen LogP contribution in [0.2, 0.25) is 0 Å². The van der Waals surface area contributed by atoms with Gasteiger partial charge in [0.2, 0.25) is 0 Å². The van der Waals surface area contributed by atoms with Crippen molar-refractivity contribution in [3.63, 3.8) is 0 Å². The lowest BCUT2D eigenvalue weighted by Crippen LogP contribution is -2.44. The summed E-state index contributed by atoms with van der Waals surface area (Å²) in [5.74, 6) is 0.769. The van der Waals surface area contributed by atoms with E-state index in [0.717, 1.165) is 29.9 Å². The zero-order valence-electron chi connectivity index (χ0n) is 17.9. The number of hydrazine groups is 1. The maximum atomic E-state index is 12.6. The van der Waals surface area contributed by atoms with Crippen molar-refractivity contribution < 1.29 is 9.53 Å². The smallest absolute Gasteiger partial charge is 0.252 e. The minimum atomic E-state index is -0.145. The molecular weight excluding hydrogens is 378 g/mol. The van der Waals surface area contributed by atoms with Crippen molar-refractivity contribution in [2.24, 2.45) is 0 Å². The van der Waals surface area contributed by atoms with Crippen LogP contribution in [0.1, 0.15) is 35.4 Å². The molecule has 0 spiro atoms. The van der Waals surface area contributed by atoms with Crippen LogP contribution in [0.15, 0.2) is 48.5 Å². The van der Waals surface area contributed by atoms with Gasteiger partial charge in [-0.2, -0.15) is 0 Å². The molecule has 3 aromatic rings. The molecule has 0 aliphatic carbocycles. The summed E-state index contributed by atoms with van der Waals surface area (Å²) in [7, 11) is 5.65. The van der Waals surface area contributed by atoms with Crippen LogP contribution in [0, 0.1) is 0 Å². The number of anilines is 1. The van der Waals surface area contributed by atoms with Gasteiger partial charge < -0.3 is 19.5 Å². The first-order chi connectivity index (χ1) is 14.5. The van der Waals surface area contributed by atoms with E-state index in [4.69, 9.17) is 4.74 Å². The molecule has 1 fully saturated rings. The van der Waals surface area contributed by atoms with Crippen LogP contribution in [0.4, 0.5) is 5.69 Å². The summed E-state index contributed by atoms with van der Waals surface area (Å²) in [6.45, 7) is 3.00. The number of methoxy groups -OCH3 is 1. The SMILES string of the molecule is CCn1c(C2CC(NC(=O)c3ccc(N(C)C)cc3)NN2)cc2ccc(OC)cc21. The molecular formula is C23H29N5O2. The topological polar surface area (TPSA) is 70.6 Å². The number of hydrogen-bond acceptors (Lipinski definition) is 5. The molecule has 4 rings (SSSR count). The number of fused-ring (bicyclic) bond motifs is 1. The Balaban J connectivity index is 1.47. The minimum Gasteiger partial charge on any atom is -0.497 e. The number of benzene rings is 2. The molecule has 3 N–H and O–H groups in total. The van der Waals surface area contributed by atoms with Crippen molar-refractivity contribution in [1.82, 2.24) is 20.7 Å². The Hall–Kier alpha value is -3.03. The van der Waals surface area contributed by atoms with Crippen molar-refractivity contribution in [1.29, 1.82) is 0 Å². The number of hydrogen-bond donors (Lipinski definition) is 3. The summed E-state index contributed by atoms with van der Waals surface area (Å²) in [6, 6.07) is 16.1. The number of nitrogens with one attached hydrogen (secondary N) is 3. The fourth-order valence-electron chi connectivity index (χ4n) is 4.02. The first-order valence-corrected chi connectivity index (χ1v) is 10.3. The van der Waals surface area contributed by atoms with Crippen LogP contribution >= 0.6 is 0 Å². The number of carbonyl (C=O) groups is 1. The average molecular weight is 408 g/mol. The molecule has 2 aromatic carbocycles. The van der Waals surface area contributed by atoms with Crippen LogP contribution in [0.25, 0.3) is 10.9 Å². The molecule has 1 saturated heterocycles. The second-order valence-corrected chi connectivity index (χ2v) is 7.78. The van der Waals surface area contributed by atoms with E-state index in [0.29, 0.717) is 5.56 Å². The number of carbonyl (C=O) groups excluding carboxylic acids is 1. The molecule has 2 unspecified atom stereocenters. The van der Waals surface area contributed by atoms with Crippen molar-refractivity contribution in [3.8, 4) is 5.75 Å². The van der Waals surface area contributed by atoms with E-state index in [1.807, 2.05) is 49.3 Å². The summed E-state index contributed by atoms with van der Waals surface area (Å²) in [6.07, 6.45) is 0.614. The molecule has 2 heterocycles. The highest BCUT2D eigenvalue weighted by Gasteiger charge is 2.29. The molecule has 1 aromatic heterocycles. The number of nitrogens with zero attached hydrogens (tertiary/aromatic N) is 2. The van der Waals surface area contributed by atoms with Crippen molar-refractivity contribution in [3.05, 3.63) is 59.8 Å². The molecule has 1 amide bonds. The monoisotopic (exact) mass is 407 g/mol. The zero-order valence-corrected chi connectivity index (χ0v) is 17.9. The van der Waals surface area contributed by atoms with Crippen LogP contribution in [0.5, 0.6) is 5.75 Å². The highest BCUT2D eigenvalue weighted by Crippen LogP contribution is 2.30. The first-order valence-electron chi connectivity index (χ1n) is 10.3. The van der Waals surface area contributed by atoms with Gasteiger partial charge in [0.1, 0.15) is 5.75 Å². The highest BCUT2D eigenvalue weighted by atomic mass is 16.5. The predicted octanol–water partition coefficient (Wildman–Crippen LogP) is 3.03. The summed E-state index contributed by atoms with van der Waals surface area (Å²) < 4.78 is 7.68. The minimum absolute atomic E-state index is 0.0824. The fraction of sp³-hybridized carbons (Fsp3) is 0.348. The number of amides is 1. The molecule has 0 saturated carbocycles. The number of aryl methyl sites for hydroxylation is 1. The van der Waals surface area contributed by atoms with Gasteiger partial charge in [-0.1, -0.05) is 0 Å².